The third-order valence-electron chi connectivity index (χ3n) is 6.33. The number of pyridine rings is 1. The van der Waals surface area contributed by atoms with E-state index in [1.54, 1.807) is 6.20 Å². The third kappa shape index (κ3) is 3.45. The molecule has 2 aromatic heterocycles. The lowest BCUT2D eigenvalue weighted by Gasteiger charge is -2.37. The molecule has 1 amide bonds. The first-order valence-corrected chi connectivity index (χ1v) is 10.5. The highest BCUT2D eigenvalue weighted by molar-refractivity contribution is 5.80. The van der Waals surface area contributed by atoms with Gasteiger partial charge in [-0.05, 0) is 45.2 Å². The van der Waals surface area contributed by atoms with E-state index < -0.39 is 5.67 Å². The average molecular weight is 415 g/mol. The number of anilines is 1. The van der Waals surface area contributed by atoms with Gasteiger partial charge in [0.25, 0.3) is 5.89 Å². The van der Waals surface area contributed by atoms with E-state index in [2.05, 4.69) is 24.9 Å². The summed E-state index contributed by atoms with van der Waals surface area (Å²) in [4.78, 5) is 25.9. The second-order valence-electron chi connectivity index (χ2n) is 8.87. The first-order valence-electron chi connectivity index (χ1n) is 10.5. The fourth-order valence-electron chi connectivity index (χ4n) is 4.67. The van der Waals surface area contributed by atoms with Crippen LogP contribution < -0.4 is 4.90 Å². The maximum absolute atomic E-state index is 14.0. The Kier molecular flexibility index (Phi) is 4.72. The fourth-order valence-corrected chi connectivity index (χ4v) is 4.67. The van der Waals surface area contributed by atoms with Gasteiger partial charge in [-0.3, -0.25) is 4.79 Å². The second kappa shape index (κ2) is 7.30. The predicted molar refractivity (Wildman–Crippen MR) is 106 cm³/mol. The smallest absolute Gasteiger partial charge is 0.264 e. The minimum atomic E-state index is -1.68. The maximum atomic E-state index is 14.0. The normalized spacial score (nSPS) is 24.6. The van der Waals surface area contributed by atoms with Crippen molar-refractivity contribution in [1.29, 1.82) is 0 Å². The summed E-state index contributed by atoms with van der Waals surface area (Å²) in [7, 11) is 0. The molecule has 2 bridgehead atoms. The number of aromatic nitrogens is 3. The molecule has 0 unspecified atom stereocenters. The summed E-state index contributed by atoms with van der Waals surface area (Å²) >= 11 is 0. The molecule has 3 aliphatic rings. The van der Waals surface area contributed by atoms with Gasteiger partial charge in [0.05, 0.1) is 12.1 Å². The van der Waals surface area contributed by atoms with Crippen molar-refractivity contribution >= 4 is 11.7 Å². The lowest BCUT2D eigenvalue weighted by molar-refractivity contribution is -0.139. The first kappa shape index (κ1) is 19.4. The van der Waals surface area contributed by atoms with Gasteiger partial charge in [-0.15, -0.1) is 0 Å². The molecular weight excluding hydrogens is 389 g/mol. The Labute approximate surface area is 174 Å². The van der Waals surface area contributed by atoms with E-state index >= 15 is 0 Å². The van der Waals surface area contributed by atoms with Crippen LogP contribution in [0.5, 0.6) is 0 Å². The lowest BCUT2D eigenvalue weighted by Crippen LogP contribution is -2.51. The maximum Gasteiger partial charge on any atom is 0.264 e. The van der Waals surface area contributed by atoms with Gasteiger partial charge in [-0.1, -0.05) is 5.16 Å². The number of hydrogen-bond donors (Lipinski definition) is 0. The number of nitrogens with zero attached hydrogens (tertiary/aromatic N) is 5. The largest absolute Gasteiger partial charge is 0.381 e. The molecule has 9 heteroatoms. The standard InChI is InChI=1S/C21H26FN5O3/c1-21(2,22)20-24-18(25-30-20)14-3-4-17(23-10-14)26-11-16-9-15(26)12-27(16)19(28)13-5-7-29-8-6-13/h3-4,10,13,15-16H,5-9,11-12H2,1-2H3/t15-,16-/m0/s1. The Hall–Kier alpha value is -2.55. The van der Waals surface area contributed by atoms with Crippen LogP contribution in [0.2, 0.25) is 0 Å². The van der Waals surface area contributed by atoms with Crippen molar-refractivity contribution < 1.29 is 18.4 Å². The molecule has 2 aromatic rings. The number of alkyl halides is 1. The second-order valence-corrected chi connectivity index (χ2v) is 8.87. The SMILES string of the molecule is CC(C)(F)c1nc(-c2ccc(N3C[C@@H]4C[C@H]3CN4C(=O)C3CCOCC3)nc2)no1. The number of halogens is 1. The van der Waals surface area contributed by atoms with Crippen molar-refractivity contribution in [2.24, 2.45) is 5.92 Å². The molecule has 0 aromatic carbocycles. The minimum absolute atomic E-state index is 0.0484. The molecule has 5 heterocycles. The molecule has 160 valence electrons. The highest BCUT2D eigenvalue weighted by Gasteiger charge is 2.47. The number of piperazine rings is 1. The number of carbonyl (C=O) groups is 1. The Morgan fingerprint density at radius 1 is 1.20 bits per heavy atom. The number of hydrogen-bond acceptors (Lipinski definition) is 7. The van der Waals surface area contributed by atoms with Crippen LogP contribution in [0, 0.1) is 5.92 Å². The molecule has 3 saturated heterocycles. The molecule has 0 spiro atoms. The quantitative estimate of drug-likeness (QED) is 0.759. The predicted octanol–water partition coefficient (Wildman–Crippen LogP) is 2.55. The summed E-state index contributed by atoms with van der Waals surface area (Å²) in [6, 6.07) is 4.34. The number of ether oxygens (including phenoxy) is 1. The number of carbonyl (C=O) groups excluding carboxylic acids is 1. The van der Waals surface area contributed by atoms with Crippen molar-refractivity contribution in [2.75, 3.05) is 31.2 Å². The summed E-state index contributed by atoms with van der Waals surface area (Å²) in [6.45, 7) is 5.68. The van der Waals surface area contributed by atoms with Crippen LogP contribution in [0.1, 0.15) is 39.0 Å². The molecule has 3 fully saturated rings. The van der Waals surface area contributed by atoms with E-state index in [0.717, 1.165) is 38.2 Å². The summed E-state index contributed by atoms with van der Waals surface area (Å²) < 4.78 is 24.4. The van der Waals surface area contributed by atoms with Crippen molar-refractivity contribution in [3.8, 4) is 11.4 Å². The summed E-state index contributed by atoms with van der Waals surface area (Å²) in [6.07, 6.45) is 4.33. The number of likely N-dealkylation sites (tertiary alicyclic amines) is 1. The zero-order valence-corrected chi connectivity index (χ0v) is 17.3. The molecule has 0 aliphatic carbocycles. The Morgan fingerprint density at radius 3 is 2.60 bits per heavy atom. The van der Waals surface area contributed by atoms with Crippen LogP contribution >= 0.6 is 0 Å². The Morgan fingerprint density at radius 2 is 2.00 bits per heavy atom. The molecule has 3 aliphatic heterocycles. The summed E-state index contributed by atoms with van der Waals surface area (Å²) in [5.74, 6) is 1.55. The van der Waals surface area contributed by atoms with Crippen molar-refractivity contribution in [3.63, 3.8) is 0 Å². The van der Waals surface area contributed by atoms with Gasteiger partial charge in [-0.25, -0.2) is 9.37 Å². The zero-order chi connectivity index (χ0) is 20.9. The van der Waals surface area contributed by atoms with E-state index in [1.165, 1.54) is 13.8 Å². The Balaban J connectivity index is 1.25. The van der Waals surface area contributed by atoms with E-state index in [1.807, 2.05) is 12.1 Å². The van der Waals surface area contributed by atoms with Crippen molar-refractivity contribution in [1.82, 2.24) is 20.0 Å². The van der Waals surface area contributed by atoms with Crippen LogP contribution in [0.15, 0.2) is 22.9 Å². The third-order valence-corrected chi connectivity index (χ3v) is 6.33. The van der Waals surface area contributed by atoms with Crippen LogP contribution in [0.4, 0.5) is 10.2 Å². The van der Waals surface area contributed by atoms with E-state index in [-0.39, 0.29) is 23.8 Å². The molecule has 2 atom stereocenters. The molecule has 0 N–H and O–H groups in total. The van der Waals surface area contributed by atoms with E-state index in [4.69, 9.17) is 9.26 Å². The first-order chi connectivity index (χ1) is 14.4. The topological polar surface area (TPSA) is 84.6 Å². The van der Waals surface area contributed by atoms with Gasteiger partial charge < -0.3 is 19.1 Å². The zero-order valence-electron chi connectivity index (χ0n) is 17.3. The van der Waals surface area contributed by atoms with Crippen LogP contribution in [-0.4, -0.2) is 64.3 Å². The average Bonchev–Trinajstić information content (AvgIpc) is 3.49. The van der Waals surface area contributed by atoms with Gasteiger partial charge in [0.1, 0.15) is 5.82 Å². The van der Waals surface area contributed by atoms with Crippen LogP contribution in [-0.2, 0) is 15.2 Å². The monoisotopic (exact) mass is 415 g/mol. The highest BCUT2D eigenvalue weighted by Crippen LogP contribution is 2.36. The fraction of sp³-hybridized carbons (Fsp3) is 0.619. The Bertz CT molecular complexity index is 919. The molecule has 30 heavy (non-hydrogen) atoms. The lowest BCUT2D eigenvalue weighted by atomic mass is 9.98. The molecular formula is C21H26FN5O3. The molecule has 0 saturated carbocycles. The number of fused-ring (bicyclic) bond motifs is 2. The van der Waals surface area contributed by atoms with Gasteiger partial charge >= 0.3 is 0 Å². The summed E-state index contributed by atoms with van der Waals surface area (Å²) in [5, 5.41) is 3.86. The summed E-state index contributed by atoms with van der Waals surface area (Å²) in [5.41, 5.74) is -1.000. The molecule has 5 rings (SSSR count). The molecule has 0 radical (unpaired) electrons. The highest BCUT2D eigenvalue weighted by atomic mass is 19.1. The van der Waals surface area contributed by atoms with Crippen molar-refractivity contribution in [2.45, 2.75) is 50.9 Å². The van der Waals surface area contributed by atoms with Gasteiger partial charge in [-0.2, -0.15) is 4.98 Å². The van der Waals surface area contributed by atoms with Crippen molar-refractivity contribution in [3.05, 3.63) is 24.2 Å². The minimum Gasteiger partial charge on any atom is -0.381 e. The van der Waals surface area contributed by atoms with Gasteiger partial charge in [0, 0.05) is 44.0 Å². The van der Waals surface area contributed by atoms with E-state index in [9.17, 15) is 9.18 Å². The van der Waals surface area contributed by atoms with E-state index in [0.29, 0.717) is 30.6 Å². The number of rotatable bonds is 4. The number of amides is 1. The van der Waals surface area contributed by atoms with Gasteiger partial charge in [0.2, 0.25) is 11.7 Å². The van der Waals surface area contributed by atoms with Crippen LogP contribution in [0.25, 0.3) is 11.4 Å². The van der Waals surface area contributed by atoms with Gasteiger partial charge in [0.15, 0.2) is 5.67 Å². The van der Waals surface area contributed by atoms with Crippen LogP contribution in [0.3, 0.4) is 0 Å². The molecule has 8 nitrogen and oxygen atoms in total.